The van der Waals surface area contributed by atoms with Gasteiger partial charge in [0.15, 0.2) is 0 Å². The second-order valence-corrected chi connectivity index (χ2v) is 7.99. The number of hydrogen-bond donors (Lipinski definition) is 1. The molecular weight excluding hydrogens is 354 g/mol. The Kier molecular flexibility index (Phi) is 12.6. The summed E-state index contributed by atoms with van der Waals surface area (Å²) in [6, 6.07) is 0. The molecule has 1 aliphatic heterocycles. The number of nitrogens with one attached hydrogen (secondary N) is 1. The summed E-state index contributed by atoms with van der Waals surface area (Å²) in [7, 11) is 0. The number of allylic oxidation sites excluding steroid dienone is 6. The van der Waals surface area contributed by atoms with Crippen molar-refractivity contribution in [2.45, 2.75) is 73.6 Å². The van der Waals surface area contributed by atoms with Gasteiger partial charge in [0.1, 0.15) is 0 Å². The van der Waals surface area contributed by atoms with Gasteiger partial charge in [-0.05, 0) is 77.0 Å². The van der Waals surface area contributed by atoms with Gasteiger partial charge in [-0.1, -0.05) is 51.2 Å². The standard InChI is InChI=1S/C26H45N3/c1-8-13-17-27-20-28-21(6)25(11-4)26(12-5)24-15-18-29(19-16-24)22(7)23(10-3)14-9-2/h9,11-12,14,23-24,27H,7-8,10,13,15-20H2,1-6H3/b14-9-,25-11+,26-12-,28-21-. The lowest BCUT2D eigenvalue weighted by atomic mass is 9.82. The smallest absolute Gasteiger partial charge is 0.0887 e. The minimum atomic E-state index is 0.471. The summed E-state index contributed by atoms with van der Waals surface area (Å²) in [6.45, 7) is 21.4. The second-order valence-electron chi connectivity index (χ2n) is 7.99. The lowest BCUT2D eigenvalue weighted by Gasteiger charge is -2.38. The fourth-order valence-corrected chi connectivity index (χ4v) is 4.26. The summed E-state index contributed by atoms with van der Waals surface area (Å²) >= 11 is 0. The molecule has 1 fully saturated rings. The van der Waals surface area contributed by atoms with Crippen LogP contribution < -0.4 is 5.32 Å². The highest BCUT2D eigenvalue weighted by Crippen LogP contribution is 2.33. The van der Waals surface area contributed by atoms with Crippen molar-refractivity contribution in [1.82, 2.24) is 10.2 Å². The average Bonchev–Trinajstić information content (AvgIpc) is 2.75. The Morgan fingerprint density at radius 3 is 2.38 bits per heavy atom. The first-order chi connectivity index (χ1) is 14.0. The Morgan fingerprint density at radius 2 is 1.86 bits per heavy atom. The van der Waals surface area contributed by atoms with Crippen LogP contribution in [0, 0.1) is 11.8 Å². The van der Waals surface area contributed by atoms with Gasteiger partial charge in [0.2, 0.25) is 0 Å². The molecule has 29 heavy (non-hydrogen) atoms. The minimum absolute atomic E-state index is 0.471. The molecule has 1 atom stereocenters. The monoisotopic (exact) mass is 399 g/mol. The van der Waals surface area contributed by atoms with Crippen LogP contribution in [0.5, 0.6) is 0 Å². The SMILES string of the molecule is C=C(C(/C=C\C)CC)N1CCC(C(=C/C)/C(=C/C)C(/C)=N\CNCCCC)CC1. The molecule has 0 aromatic heterocycles. The highest BCUT2D eigenvalue weighted by molar-refractivity contribution is 6.02. The van der Waals surface area contributed by atoms with Crippen LogP contribution in [-0.2, 0) is 0 Å². The number of piperidine rings is 1. The molecule has 0 radical (unpaired) electrons. The largest absolute Gasteiger partial charge is 0.375 e. The van der Waals surface area contributed by atoms with Gasteiger partial charge >= 0.3 is 0 Å². The second kappa shape index (κ2) is 14.4. The number of nitrogens with zero attached hydrogens (tertiary/aromatic N) is 2. The van der Waals surface area contributed by atoms with Gasteiger partial charge in [-0.3, -0.25) is 10.3 Å². The first kappa shape index (κ1) is 25.4. The number of rotatable bonds is 12. The Balaban J connectivity index is 2.72. The van der Waals surface area contributed by atoms with Crippen molar-refractivity contribution in [1.29, 1.82) is 0 Å². The van der Waals surface area contributed by atoms with Crippen molar-refractivity contribution in [2.75, 3.05) is 26.3 Å². The van der Waals surface area contributed by atoms with Crippen LogP contribution in [0.4, 0.5) is 0 Å². The van der Waals surface area contributed by atoms with Crippen molar-refractivity contribution < 1.29 is 0 Å². The summed E-state index contributed by atoms with van der Waals surface area (Å²) in [4.78, 5) is 7.30. The molecule has 1 aliphatic rings. The van der Waals surface area contributed by atoms with E-state index in [1.54, 1.807) is 0 Å². The Morgan fingerprint density at radius 1 is 1.17 bits per heavy atom. The molecule has 0 saturated carbocycles. The van der Waals surface area contributed by atoms with E-state index in [9.17, 15) is 0 Å². The topological polar surface area (TPSA) is 27.6 Å². The molecule has 0 amide bonds. The normalized spacial score (nSPS) is 18.6. The molecule has 0 bridgehead atoms. The van der Waals surface area contributed by atoms with Crippen molar-refractivity contribution in [3.05, 3.63) is 47.7 Å². The number of unbranched alkanes of at least 4 members (excludes halogenated alkanes) is 1. The van der Waals surface area contributed by atoms with Gasteiger partial charge in [0.25, 0.3) is 0 Å². The van der Waals surface area contributed by atoms with Crippen molar-refractivity contribution in [3.63, 3.8) is 0 Å². The molecule has 1 heterocycles. The van der Waals surface area contributed by atoms with Crippen LogP contribution in [0.25, 0.3) is 0 Å². The van der Waals surface area contributed by atoms with Gasteiger partial charge in [-0.2, -0.15) is 0 Å². The molecule has 0 aromatic rings. The first-order valence-corrected chi connectivity index (χ1v) is 11.6. The van der Waals surface area contributed by atoms with Crippen molar-refractivity contribution in [3.8, 4) is 0 Å². The quantitative estimate of drug-likeness (QED) is 0.175. The highest BCUT2D eigenvalue weighted by atomic mass is 15.1. The van der Waals surface area contributed by atoms with Gasteiger partial charge in [-0.15, -0.1) is 0 Å². The van der Waals surface area contributed by atoms with E-state index < -0.39 is 0 Å². The van der Waals surface area contributed by atoms with E-state index in [2.05, 4.69) is 82.6 Å². The first-order valence-electron chi connectivity index (χ1n) is 11.6. The van der Waals surface area contributed by atoms with Gasteiger partial charge in [0.05, 0.1) is 6.67 Å². The van der Waals surface area contributed by atoms with E-state index >= 15 is 0 Å². The molecule has 164 valence electrons. The molecule has 0 aromatic carbocycles. The molecule has 3 nitrogen and oxygen atoms in total. The predicted molar refractivity (Wildman–Crippen MR) is 130 cm³/mol. The van der Waals surface area contributed by atoms with Crippen LogP contribution in [-0.4, -0.2) is 36.9 Å². The third-order valence-corrected chi connectivity index (χ3v) is 6.07. The summed E-state index contributed by atoms with van der Waals surface area (Å²) < 4.78 is 0. The number of aliphatic imine (C=N–C) groups is 1. The van der Waals surface area contributed by atoms with E-state index in [0.717, 1.165) is 31.8 Å². The van der Waals surface area contributed by atoms with Crippen LogP contribution in [0.2, 0.25) is 0 Å². The molecule has 3 heteroatoms. The predicted octanol–water partition coefficient (Wildman–Crippen LogP) is 6.52. The Bertz CT molecular complexity index is 601. The zero-order chi connectivity index (χ0) is 21.6. The minimum Gasteiger partial charge on any atom is -0.375 e. The molecule has 0 aliphatic carbocycles. The van der Waals surface area contributed by atoms with Crippen LogP contribution in [0.15, 0.2) is 52.7 Å². The van der Waals surface area contributed by atoms with E-state index in [4.69, 9.17) is 4.99 Å². The number of likely N-dealkylation sites (tertiary alicyclic amines) is 1. The average molecular weight is 400 g/mol. The lowest BCUT2D eigenvalue weighted by Crippen LogP contribution is -2.35. The maximum Gasteiger partial charge on any atom is 0.0887 e. The van der Waals surface area contributed by atoms with Crippen LogP contribution in [0.1, 0.15) is 73.6 Å². The summed E-state index contributed by atoms with van der Waals surface area (Å²) in [6.07, 6.45) is 14.9. The zero-order valence-electron chi connectivity index (χ0n) is 19.9. The van der Waals surface area contributed by atoms with Crippen LogP contribution in [0.3, 0.4) is 0 Å². The highest BCUT2D eigenvalue weighted by Gasteiger charge is 2.26. The van der Waals surface area contributed by atoms with Crippen molar-refractivity contribution in [2.24, 2.45) is 16.8 Å². The Labute approximate surface area is 180 Å². The summed E-state index contributed by atoms with van der Waals surface area (Å²) in [5.74, 6) is 1.08. The molecule has 0 spiro atoms. The maximum absolute atomic E-state index is 4.79. The maximum atomic E-state index is 4.79. The zero-order valence-corrected chi connectivity index (χ0v) is 19.9. The molecule has 1 rings (SSSR count). The summed E-state index contributed by atoms with van der Waals surface area (Å²) in [5.41, 5.74) is 5.22. The molecular formula is C26H45N3. The third kappa shape index (κ3) is 7.97. The van der Waals surface area contributed by atoms with Crippen LogP contribution >= 0.6 is 0 Å². The van der Waals surface area contributed by atoms with Gasteiger partial charge < -0.3 is 4.90 Å². The molecule has 1 unspecified atom stereocenters. The fourth-order valence-electron chi connectivity index (χ4n) is 4.26. The molecule has 1 saturated heterocycles. The fraction of sp³-hybridized carbons (Fsp3) is 0.654. The third-order valence-electron chi connectivity index (χ3n) is 6.07. The van der Waals surface area contributed by atoms with E-state index in [1.807, 2.05) is 0 Å². The number of hydrogen-bond acceptors (Lipinski definition) is 3. The van der Waals surface area contributed by atoms with Gasteiger partial charge in [0, 0.05) is 30.4 Å². The lowest BCUT2D eigenvalue weighted by molar-refractivity contribution is 0.231. The van der Waals surface area contributed by atoms with E-state index in [0.29, 0.717) is 18.5 Å². The molecule has 1 N–H and O–H groups in total. The summed E-state index contributed by atoms with van der Waals surface area (Å²) in [5, 5.41) is 3.42. The van der Waals surface area contributed by atoms with E-state index in [1.165, 1.54) is 42.5 Å². The van der Waals surface area contributed by atoms with Crippen molar-refractivity contribution >= 4 is 5.71 Å². The van der Waals surface area contributed by atoms with Gasteiger partial charge in [-0.25, -0.2) is 0 Å². The Hall–Kier alpha value is -1.61. The van der Waals surface area contributed by atoms with E-state index in [-0.39, 0.29) is 0 Å².